The lowest BCUT2D eigenvalue weighted by molar-refractivity contribution is -0.122. The largest absolute Gasteiger partial charge is 0.497 e. The summed E-state index contributed by atoms with van der Waals surface area (Å²) in [6.45, 7) is 0.115. The van der Waals surface area contributed by atoms with Crippen LogP contribution in [0.3, 0.4) is 0 Å². The summed E-state index contributed by atoms with van der Waals surface area (Å²) >= 11 is 0. The highest BCUT2D eigenvalue weighted by Gasteiger charge is 2.21. The first kappa shape index (κ1) is 21.4. The second-order valence-corrected chi connectivity index (χ2v) is 7.37. The summed E-state index contributed by atoms with van der Waals surface area (Å²) in [6.07, 6.45) is 5.28. The quantitative estimate of drug-likeness (QED) is 0.602. The van der Waals surface area contributed by atoms with Crippen LogP contribution >= 0.6 is 0 Å². The highest BCUT2D eigenvalue weighted by atomic mass is 16.5. The van der Waals surface area contributed by atoms with Crippen molar-refractivity contribution in [1.29, 1.82) is 0 Å². The number of benzene rings is 1. The third kappa shape index (κ3) is 5.59. The predicted octanol–water partition coefficient (Wildman–Crippen LogP) is 1.37. The van der Waals surface area contributed by atoms with Gasteiger partial charge in [-0.1, -0.05) is 31.4 Å². The fraction of sp³-hybridized carbons (Fsp3) is 0.429. The van der Waals surface area contributed by atoms with E-state index in [-0.39, 0.29) is 36.4 Å². The maximum absolute atomic E-state index is 12.5. The number of carbonyl (C=O) groups is 3. The van der Waals surface area contributed by atoms with E-state index in [1.807, 2.05) is 12.1 Å². The van der Waals surface area contributed by atoms with E-state index in [1.165, 1.54) is 17.2 Å². The van der Waals surface area contributed by atoms with Crippen molar-refractivity contribution in [2.75, 3.05) is 7.11 Å². The monoisotopic (exact) mass is 413 g/mol. The maximum atomic E-state index is 12.5. The Morgan fingerprint density at radius 1 is 1.17 bits per heavy atom. The van der Waals surface area contributed by atoms with Gasteiger partial charge in [-0.15, -0.1) is 0 Å². The Balaban J connectivity index is 1.62. The van der Waals surface area contributed by atoms with E-state index in [0.29, 0.717) is 0 Å². The van der Waals surface area contributed by atoms with Crippen molar-refractivity contribution in [2.24, 2.45) is 5.73 Å². The van der Waals surface area contributed by atoms with Crippen molar-refractivity contribution in [3.8, 4) is 5.75 Å². The van der Waals surface area contributed by atoms with Gasteiger partial charge in [-0.2, -0.15) is 5.10 Å². The van der Waals surface area contributed by atoms with E-state index in [2.05, 4.69) is 15.7 Å². The number of amides is 3. The molecule has 9 heteroatoms. The first-order valence-corrected chi connectivity index (χ1v) is 10.0. The lowest BCUT2D eigenvalue weighted by atomic mass is 9.95. The minimum Gasteiger partial charge on any atom is -0.497 e. The third-order valence-electron chi connectivity index (χ3n) is 5.14. The molecule has 0 saturated heterocycles. The van der Waals surface area contributed by atoms with Gasteiger partial charge in [0.15, 0.2) is 5.69 Å². The number of methoxy groups -OCH3 is 1. The summed E-state index contributed by atoms with van der Waals surface area (Å²) in [5, 5.41) is 9.84. The van der Waals surface area contributed by atoms with Crippen LogP contribution in [0.5, 0.6) is 5.75 Å². The van der Waals surface area contributed by atoms with Crippen LogP contribution in [-0.2, 0) is 17.9 Å². The standard InChI is InChI=1S/C21H27N5O4/c1-30-16-9-7-14(8-10-16)12-23-21(29)17-11-18(20(22)28)26(25-17)13-19(27)24-15-5-3-2-4-6-15/h7-11,15H,2-6,12-13H2,1H3,(H2,22,28)(H,23,29)(H,24,27). The maximum Gasteiger partial charge on any atom is 0.272 e. The van der Waals surface area contributed by atoms with E-state index in [0.717, 1.165) is 37.0 Å². The summed E-state index contributed by atoms with van der Waals surface area (Å²) in [6, 6.07) is 8.72. The molecule has 1 aromatic heterocycles. The summed E-state index contributed by atoms with van der Waals surface area (Å²) in [5.74, 6) is -0.735. The van der Waals surface area contributed by atoms with Crippen molar-refractivity contribution in [3.63, 3.8) is 0 Å². The lowest BCUT2D eigenvalue weighted by Gasteiger charge is -2.22. The van der Waals surface area contributed by atoms with Crippen LogP contribution in [0.4, 0.5) is 0 Å². The zero-order chi connectivity index (χ0) is 21.5. The highest BCUT2D eigenvalue weighted by molar-refractivity contribution is 5.97. The number of nitrogens with one attached hydrogen (secondary N) is 2. The number of aromatic nitrogens is 2. The van der Waals surface area contributed by atoms with E-state index in [9.17, 15) is 14.4 Å². The van der Waals surface area contributed by atoms with E-state index in [4.69, 9.17) is 10.5 Å². The van der Waals surface area contributed by atoms with Gasteiger partial charge >= 0.3 is 0 Å². The molecule has 160 valence electrons. The molecule has 9 nitrogen and oxygen atoms in total. The normalized spacial score (nSPS) is 14.2. The lowest BCUT2D eigenvalue weighted by Crippen LogP contribution is -2.39. The molecule has 3 amide bonds. The Kier molecular flexibility index (Phi) is 7.05. The minimum absolute atomic E-state index is 0.0170. The molecular weight excluding hydrogens is 386 g/mol. The summed E-state index contributed by atoms with van der Waals surface area (Å²) < 4.78 is 6.29. The number of hydrogen-bond donors (Lipinski definition) is 3. The topological polar surface area (TPSA) is 128 Å². The molecule has 0 radical (unpaired) electrons. The summed E-state index contributed by atoms with van der Waals surface area (Å²) in [7, 11) is 1.58. The average molecular weight is 413 g/mol. The number of nitrogens with two attached hydrogens (primary N) is 1. The van der Waals surface area contributed by atoms with Crippen LogP contribution < -0.4 is 21.1 Å². The fourth-order valence-electron chi connectivity index (χ4n) is 3.52. The van der Waals surface area contributed by atoms with Crippen LogP contribution in [0, 0.1) is 0 Å². The molecule has 0 aliphatic heterocycles. The fourth-order valence-corrected chi connectivity index (χ4v) is 3.52. The predicted molar refractivity (Wildman–Crippen MR) is 110 cm³/mol. The van der Waals surface area contributed by atoms with Crippen LogP contribution in [-0.4, -0.2) is 40.7 Å². The molecule has 30 heavy (non-hydrogen) atoms. The van der Waals surface area contributed by atoms with Crippen molar-refractivity contribution in [2.45, 2.75) is 51.2 Å². The molecule has 1 aliphatic carbocycles. The van der Waals surface area contributed by atoms with E-state index < -0.39 is 11.8 Å². The first-order chi connectivity index (χ1) is 14.5. The molecule has 0 atom stereocenters. The molecule has 1 heterocycles. The number of primary amides is 1. The Bertz CT molecular complexity index is 901. The Hall–Kier alpha value is -3.36. The molecule has 1 aromatic carbocycles. The van der Waals surface area contributed by atoms with Gasteiger partial charge in [0.2, 0.25) is 5.91 Å². The van der Waals surface area contributed by atoms with Crippen molar-refractivity contribution < 1.29 is 19.1 Å². The smallest absolute Gasteiger partial charge is 0.272 e. The number of rotatable bonds is 8. The van der Waals surface area contributed by atoms with Gasteiger partial charge in [-0.3, -0.25) is 14.4 Å². The first-order valence-electron chi connectivity index (χ1n) is 10.0. The van der Waals surface area contributed by atoms with Gasteiger partial charge in [0, 0.05) is 18.7 Å². The molecule has 1 saturated carbocycles. The van der Waals surface area contributed by atoms with Gasteiger partial charge < -0.3 is 21.1 Å². The molecule has 0 bridgehead atoms. The van der Waals surface area contributed by atoms with Crippen LogP contribution in [0.2, 0.25) is 0 Å². The number of ether oxygens (including phenoxy) is 1. The number of carbonyl (C=O) groups excluding carboxylic acids is 3. The molecule has 1 aliphatic rings. The second kappa shape index (κ2) is 9.91. The summed E-state index contributed by atoms with van der Waals surface area (Å²) in [4.78, 5) is 36.6. The second-order valence-electron chi connectivity index (χ2n) is 7.37. The van der Waals surface area contributed by atoms with Gasteiger partial charge in [-0.25, -0.2) is 4.68 Å². The van der Waals surface area contributed by atoms with Crippen LogP contribution in [0.15, 0.2) is 30.3 Å². The Labute approximate surface area is 175 Å². The van der Waals surface area contributed by atoms with Crippen LogP contribution in [0.25, 0.3) is 0 Å². The highest BCUT2D eigenvalue weighted by Crippen LogP contribution is 2.17. The van der Waals surface area contributed by atoms with Crippen molar-refractivity contribution in [3.05, 3.63) is 47.3 Å². The Morgan fingerprint density at radius 3 is 2.50 bits per heavy atom. The molecule has 0 unspecified atom stereocenters. The zero-order valence-corrected chi connectivity index (χ0v) is 17.0. The van der Waals surface area contributed by atoms with Gasteiger partial charge in [-0.05, 0) is 30.5 Å². The minimum atomic E-state index is -0.748. The van der Waals surface area contributed by atoms with Gasteiger partial charge in [0.05, 0.1) is 7.11 Å². The van der Waals surface area contributed by atoms with E-state index in [1.54, 1.807) is 19.2 Å². The van der Waals surface area contributed by atoms with E-state index >= 15 is 0 Å². The SMILES string of the molecule is COc1ccc(CNC(=O)c2cc(C(N)=O)n(CC(=O)NC3CCCCC3)n2)cc1. The van der Waals surface area contributed by atoms with Crippen LogP contribution in [0.1, 0.15) is 58.6 Å². The third-order valence-corrected chi connectivity index (χ3v) is 5.14. The molecule has 1 fully saturated rings. The number of nitrogens with zero attached hydrogens (tertiary/aromatic N) is 2. The molecule has 0 spiro atoms. The molecule has 2 aromatic rings. The van der Waals surface area contributed by atoms with Crippen molar-refractivity contribution >= 4 is 17.7 Å². The van der Waals surface area contributed by atoms with Gasteiger partial charge in [0.25, 0.3) is 11.8 Å². The number of hydrogen-bond acceptors (Lipinski definition) is 5. The average Bonchev–Trinajstić information content (AvgIpc) is 3.17. The molecular formula is C21H27N5O4. The van der Waals surface area contributed by atoms with Crippen molar-refractivity contribution in [1.82, 2.24) is 20.4 Å². The van der Waals surface area contributed by atoms with Gasteiger partial charge in [0.1, 0.15) is 18.0 Å². The molecule has 4 N–H and O–H groups in total. The summed E-state index contributed by atoms with van der Waals surface area (Å²) in [5.41, 5.74) is 6.33. The zero-order valence-electron chi connectivity index (χ0n) is 17.0. The Morgan fingerprint density at radius 2 is 1.87 bits per heavy atom. The molecule has 3 rings (SSSR count).